The van der Waals surface area contributed by atoms with Crippen LogP contribution in [0.2, 0.25) is 0 Å². The van der Waals surface area contributed by atoms with Crippen LogP contribution >= 0.6 is 23.1 Å². The van der Waals surface area contributed by atoms with Crippen LogP contribution in [0.25, 0.3) is 0 Å². The summed E-state index contributed by atoms with van der Waals surface area (Å²) in [5, 5.41) is 11.7. The Labute approximate surface area is 132 Å². The zero-order valence-electron chi connectivity index (χ0n) is 12.1. The van der Waals surface area contributed by atoms with Gasteiger partial charge < -0.3 is 10.1 Å². The molecule has 21 heavy (non-hydrogen) atoms. The van der Waals surface area contributed by atoms with Crippen molar-refractivity contribution >= 4 is 34.2 Å². The fourth-order valence-electron chi connectivity index (χ4n) is 1.65. The van der Waals surface area contributed by atoms with Gasteiger partial charge in [0.2, 0.25) is 5.13 Å². The quantitative estimate of drug-likeness (QED) is 0.649. The van der Waals surface area contributed by atoms with Gasteiger partial charge in [-0.1, -0.05) is 53.4 Å². The van der Waals surface area contributed by atoms with Gasteiger partial charge >= 0.3 is 5.97 Å². The van der Waals surface area contributed by atoms with E-state index in [2.05, 4.69) is 15.5 Å². The standard InChI is InChI=1S/C14H17N3O2S2/c1-9(2)15-13-16-17-14(21-13)20-11(12(18)19-3)10-7-5-4-6-8-10/h4-9,11H,1-3H3,(H,15,16)/t11-/m1/s1. The van der Waals surface area contributed by atoms with Crippen LogP contribution in [-0.2, 0) is 9.53 Å². The van der Waals surface area contributed by atoms with Gasteiger partial charge in [0.15, 0.2) is 4.34 Å². The number of aromatic nitrogens is 2. The number of carbonyl (C=O) groups excluding carboxylic acids is 1. The lowest BCUT2D eigenvalue weighted by molar-refractivity contribution is -0.140. The smallest absolute Gasteiger partial charge is 0.323 e. The second-order valence-electron chi connectivity index (χ2n) is 4.60. The predicted octanol–water partition coefficient (Wildman–Crippen LogP) is 3.36. The molecule has 5 nitrogen and oxygen atoms in total. The molecule has 0 amide bonds. The van der Waals surface area contributed by atoms with E-state index in [1.165, 1.54) is 30.2 Å². The molecular formula is C14H17N3O2S2. The molecule has 0 aliphatic carbocycles. The average molecular weight is 323 g/mol. The molecule has 0 saturated heterocycles. The number of nitrogens with zero attached hydrogens (tertiary/aromatic N) is 2. The summed E-state index contributed by atoms with van der Waals surface area (Å²) in [5.74, 6) is -0.292. The number of hydrogen-bond donors (Lipinski definition) is 1. The number of benzene rings is 1. The summed E-state index contributed by atoms with van der Waals surface area (Å²) < 4.78 is 5.63. The van der Waals surface area contributed by atoms with Crippen LogP contribution in [-0.4, -0.2) is 29.3 Å². The molecule has 1 heterocycles. The molecule has 1 N–H and O–H groups in total. The highest BCUT2D eigenvalue weighted by Crippen LogP contribution is 2.38. The van der Waals surface area contributed by atoms with Gasteiger partial charge in [0.25, 0.3) is 0 Å². The van der Waals surface area contributed by atoms with Gasteiger partial charge in [-0.15, -0.1) is 10.2 Å². The molecule has 2 aromatic rings. The SMILES string of the molecule is COC(=O)[C@H](Sc1nnc(NC(C)C)s1)c1ccccc1. The Morgan fingerprint density at radius 1 is 1.29 bits per heavy atom. The average Bonchev–Trinajstić information content (AvgIpc) is 2.91. The van der Waals surface area contributed by atoms with Crippen molar-refractivity contribution in [2.45, 2.75) is 29.5 Å². The van der Waals surface area contributed by atoms with Gasteiger partial charge in [-0.2, -0.15) is 0 Å². The lowest BCUT2D eigenvalue weighted by atomic mass is 10.1. The van der Waals surface area contributed by atoms with Crippen LogP contribution in [0.3, 0.4) is 0 Å². The fraction of sp³-hybridized carbons (Fsp3) is 0.357. The number of methoxy groups -OCH3 is 1. The Morgan fingerprint density at radius 3 is 2.62 bits per heavy atom. The van der Waals surface area contributed by atoms with Crippen molar-refractivity contribution in [2.24, 2.45) is 0 Å². The van der Waals surface area contributed by atoms with Crippen LogP contribution < -0.4 is 5.32 Å². The molecule has 0 unspecified atom stereocenters. The van der Waals surface area contributed by atoms with Crippen LogP contribution in [0.4, 0.5) is 5.13 Å². The van der Waals surface area contributed by atoms with Crippen LogP contribution in [0.15, 0.2) is 34.7 Å². The Kier molecular flexibility index (Phi) is 5.58. The maximum atomic E-state index is 12.0. The molecule has 0 fully saturated rings. The monoisotopic (exact) mass is 323 g/mol. The van der Waals surface area contributed by atoms with E-state index in [9.17, 15) is 4.79 Å². The second-order valence-corrected chi connectivity index (χ2v) is 6.93. The summed E-state index contributed by atoms with van der Waals surface area (Å²) >= 11 is 2.79. The molecule has 0 radical (unpaired) electrons. The molecule has 1 aromatic heterocycles. The minimum Gasteiger partial charge on any atom is -0.468 e. The first kappa shape index (κ1) is 15.8. The Hall–Kier alpha value is -1.60. The molecule has 112 valence electrons. The van der Waals surface area contributed by atoms with E-state index in [-0.39, 0.29) is 5.97 Å². The van der Waals surface area contributed by atoms with Crippen molar-refractivity contribution < 1.29 is 9.53 Å². The van der Waals surface area contributed by atoms with Gasteiger partial charge in [0.1, 0.15) is 5.25 Å². The second kappa shape index (κ2) is 7.42. The molecule has 0 bridgehead atoms. The van der Waals surface area contributed by atoms with Crippen molar-refractivity contribution in [3.05, 3.63) is 35.9 Å². The van der Waals surface area contributed by atoms with Crippen molar-refractivity contribution in [3.8, 4) is 0 Å². The van der Waals surface area contributed by atoms with E-state index < -0.39 is 5.25 Å². The highest BCUT2D eigenvalue weighted by Gasteiger charge is 2.24. The van der Waals surface area contributed by atoms with E-state index in [1.54, 1.807) is 0 Å². The predicted molar refractivity (Wildman–Crippen MR) is 85.7 cm³/mol. The third-order valence-electron chi connectivity index (χ3n) is 2.55. The Balaban J connectivity index is 2.16. The number of anilines is 1. The number of nitrogens with one attached hydrogen (secondary N) is 1. The third-order valence-corrected chi connectivity index (χ3v) is 4.73. The van der Waals surface area contributed by atoms with E-state index in [1.807, 2.05) is 44.2 Å². The zero-order valence-corrected chi connectivity index (χ0v) is 13.7. The minimum atomic E-state index is -0.434. The summed E-state index contributed by atoms with van der Waals surface area (Å²) in [6.45, 7) is 4.07. The van der Waals surface area contributed by atoms with E-state index in [0.29, 0.717) is 6.04 Å². The van der Waals surface area contributed by atoms with Crippen LogP contribution in [0, 0.1) is 0 Å². The van der Waals surface area contributed by atoms with E-state index >= 15 is 0 Å². The summed E-state index contributed by atoms with van der Waals surface area (Å²) in [7, 11) is 1.39. The summed E-state index contributed by atoms with van der Waals surface area (Å²) in [6.07, 6.45) is 0. The molecule has 0 aliphatic heterocycles. The maximum Gasteiger partial charge on any atom is 0.323 e. The lowest BCUT2D eigenvalue weighted by Crippen LogP contribution is -2.10. The normalized spacial score (nSPS) is 12.2. The van der Waals surface area contributed by atoms with Crippen molar-refractivity contribution in [1.82, 2.24) is 10.2 Å². The molecule has 0 saturated carbocycles. The molecule has 0 spiro atoms. The first-order valence-electron chi connectivity index (χ1n) is 6.49. The van der Waals surface area contributed by atoms with Gasteiger partial charge in [0, 0.05) is 6.04 Å². The lowest BCUT2D eigenvalue weighted by Gasteiger charge is -2.12. The molecule has 1 atom stereocenters. The first-order chi connectivity index (χ1) is 10.1. The number of ether oxygens (including phenoxy) is 1. The Bertz CT molecular complexity index is 587. The van der Waals surface area contributed by atoms with E-state index in [4.69, 9.17) is 4.74 Å². The zero-order chi connectivity index (χ0) is 15.2. The maximum absolute atomic E-state index is 12.0. The van der Waals surface area contributed by atoms with Crippen molar-refractivity contribution in [2.75, 3.05) is 12.4 Å². The number of esters is 1. The van der Waals surface area contributed by atoms with Crippen LogP contribution in [0.5, 0.6) is 0 Å². The van der Waals surface area contributed by atoms with Gasteiger partial charge in [-0.25, -0.2) is 0 Å². The number of rotatable bonds is 6. The summed E-state index contributed by atoms with van der Waals surface area (Å²) in [6, 6.07) is 9.82. The summed E-state index contributed by atoms with van der Waals surface area (Å²) in [4.78, 5) is 12.0. The number of hydrogen-bond acceptors (Lipinski definition) is 7. The van der Waals surface area contributed by atoms with Gasteiger partial charge in [0.05, 0.1) is 7.11 Å². The van der Waals surface area contributed by atoms with E-state index in [0.717, 1.165) is 15.0 Å². The molecule has 7 heteroatoms. The highest BCUT2D eigenvalue weighted by atomic mass is 32.2. The first-order valence-corrected chi connectivity index (χ1v) is 8.19. The van der Waals surface area contributed by atoms with Gasteiger partial charge in [-0.3, -0.25) is 4.79 Å². The topological polar surface area (TPSA) is 64.1 Å². The Morgan fingerprint density at radius 2 is 2.00 bits per heavy atom. The molecule has 2 rings (SSSR count). The molecular weight excluding hydrogens is 306 g/mol. The molecule has 0 aliphatic rings. The van der Waals surface area contributed by atoms with Crippen molar-refractivity contribution in [3.63, 3.8) is 0 Å². The van der Waals surface area contributed by atoms with Crippen molar-refractivity contribution in [1.29, 1.82) is 0 Å². The highest BCUT2D eigenvalue weighted by molar-refractivity contribution is 8.01. The minimum absolute atomic E-state index is 0.292. The number of thioether (sulfide) groups is 1. The number of carbonyl (C=O) groups is 1. The largest absolute Gasteiger partial charge is 0.468 e. The van der Waals surface area contributed by atoms with Crippen LogP contribution in [0.1, 0.15) is 24.7 Å². The van der Waals surface area contributed by atoms with Gasteiger partial charge in [-0.05, 0) is 19.4 Å². The molecule has 1 aromatic carbocycles. The third kappa shape index (κ3) is 4.44. The fourth-order valence-corrected chi connectivity index (χ4v) is 3.77. The summed E-state index contributed by atoms with van der Waals surface area (Å²) in [5.41, 5.74) is 0.892.